The van der Waals surface area contributed by atoms with Gasteiger partial charge < -0.3 is 15.4 Å². The van der Waals surface area contributed by atoms with Crippen LogP contribution in [0.2, 0.25) is 0 Å². The predicted molar refractivity (Wildman–Crippen MR) is 122 cm³/mol. The van der Waals surface area contributed by atoms with Crippen LogP contribution in [-0.4, -0.2) is 24.1 Å². The number of anilines is 2. The average Bonchev–Trinajstić information content (AvgIpc) is 2.78. The van der Waals surface area contributed by atoms with Gasteiger partial charge in [0.1, 0.15) is 0 Å². The summed E-state index contributed by atoms with van der Waals surface area (Å²) in [4.78, 5) is 24.3. The van der Waals surface area contributed by atoms with E-state index in [2.05, 4.69) is 20.7 Å². The second-order valence-corrected chi connectivity index (χ2v) is 6.77. The Balaban J connectivity index is 1.85. The molecule has 3 aromatic rings. The standard InChI is InChI=1S/C23H21N3O3S/c1-29-23(28)26-22(30)25-20-14-18(21(27)17-10-6-3-7-11-17)12-13-19(20)24-15-16-8-4-2-5-9-16/h2-14,24H,15H2,1H3,(H2,25,26,28,30). The summed E-state index contributed by atoms with van der Waals surface area (Å²) >= 11 is 5.18. The molecule has 7 heteroatoms. The highest BCUT2D eigenvalue weighted by atomic mass is 32.1. The zero-order chi connectivity index (χ0) is 21.3. The Morgan fingerprint density at radius 2 is 1.53 bits per heavy atom. The van der Waals surface area contributed by atoms with Crippen LogP contribution < -0.4 is 16.0 Å². The molecular weight excluding hydrogens is 398 g/mol. The van der Waals surface area contributed by atoms with Crippen molar-refractivity contribution in [1.82, 2.24) is 5.32 Å². The van der Waals surface area contributed by atoms with Gasteiger partial charge >= 0.3 is 6.09 Å². The van der Waals surface area contributed by atoms with Crippen molar-refractivity contribution in [2.45, 2.75) is 6.54 Å². The summed E-state index contributed by atoms with van der Waals surface area (Å²) < 4.78 is 4.57. The zero-order valence-corrected chi connectivity index (χ0v) is 17.2. The first-order chi connectivity index (χ1) is 14.6. The summed E-state index contributed by atoms with van der Waals surface area (Å²) in [6.45, 7) is 0.582. The van der Waals surface area contributed by atoms with Crippen LogP contribution in [0.4, 0.5) is 16.2 Å². The summed E-state index contributed by atoms with van der Waals surface area (Å²) in [5.41, 5.74) is 3.48. The summed E-state index contributed by atoms with van der Waals surface area (Å²) in [6.07, 6.45) is -0.678. The Hall–Kier alpha value is -3.71. The third-order valence-electron chi connectivity index (χ3n) is 4.29. The molecule has 6 nitrogen and oxygen atoms in total. The van der Waals surface area contributed by atoms with Crippen molar-refractivity contribution in [3.05, 3.63) is 95.6 Å². The maximum absolute atomic E-state index is 12.8. The Bertz CT molecular complexity index is 1040. The average molecular weight is 420 g/mol. The molecule has 0 aliphatic rings. The molecule has 0 aromatic heterocycles. The van der Waals surface area contributed by atoms with E-state index in [1.54, 1.807) is 24.3 Å². The molecule has 0 spiro atoms. The highest BCUT2D eigenvalue weighted by Crippen LogP contribution is 2.25. The number of carbonyl (C=O) groups excluding carboxylic acids is 2. The van der Waals surface area contributed by atoms with E-state index in [0.29, 0.717) is 23.4 Å². The number of nitrogens with one attached hydrogen (secondary N) is 3. The van der Waals surface area contributed by atoms with E-state index >= 15 is 0 Å². The van der Waals surface area contributed by atoms with Gasteiger partial charge in [0.2, 0.25) is 0 Å². The lowest BCUT2D eigenvalue weighted by atomic mass is 10.0. The number of thiocarbonyl (C=S) groups is 1. The molecule has 0 bridgehead atoms. The smallest absolute Gasteiger partial charge is 0.413 e. The molecule has 3 aromatic carbocycles. The minimum Gasteiger partial charge on any atom is -0.453 e. The normalized spacial score (nSPS) is 10.0. The molecule has 0 radical (unpaired) electrons. The fourth-order valence-electron chi connectivity index (χ4n) is 2.79. The van der Waals surface area contributed by atoms with Crippen LogP contribution in [0.1, 0.15) is 21.5 Å². The van der Waals surface area contributed by atoms with Crippen LogP contribution in [0.25, 0.3) is 0 Å². The monoisotopic (exact) mass is 419 g/mol. The van der Waals surface area contributed by atoms with Gasteiger partial charge in [-0.05, 0) is 36.0 Å². The molecule has 0 aliphatic carbocycles. The molecule has 1 amide bonds. The first kappa shape index (κ1) is 21.0. The van der Waals surface area contributed by atoms with Crippen LogP contribution in [-0.2, 0) is 11.3 Å². The number of ketones is 1. The molecule has 0 heterocycles. The molecule has 0 saturated carbocycles. The van der Waals surface area contributed by atoms with Crippen molar-refractivity contribution in [2.24, 2.45) is 0 Å². The van der Waals surface area contributed by atoms with E-state index in [9.17, 15) is 9.59 Å². The lowest BCUT2D eigenvalue weighted by Gasteiger charge is -2.16. The molecule has 0 aliphatic heterocycles. The van der Waals surface area contributed by atoms with Crippen LogP contribution in [0.5, 0.6) is 0 Å². The maximum atomic E-state index is 12.8. The van der Waals surface area contributed by atoms with Gasteiger partial charge in [-0.2, -0.15) is 0 Å². The first-order valence-electron chi connectivity index (χ1n) is 9.24. The van der Waals surface area contributed by atoms with Crippen molar-refractivity contribution >= 4 is 40.6 Å². The molecule has 30 heavy (non-hydrogen) atoms. The van der Waals surface area contributed by atoms with E-state index in [4.69, 9.17) is 12.2 Å². The molecule has 0 unspecified atom stereocenters. The zero-order valence-electron chi connectivity index (χ0n) is 16.3. The van der Waals surface area contributed by atoms with Crippen LogP contribution in [0, 0.1) is 0 Å². The second kappa shape index (κ2) is 10.2. The number of methoxy groups -OCH3 is 1. The Kier molecular flexibility index (Phi) is 7.13. The fourth-order valence-corrected chi connectivity index (χ4v) is 2.98. The predicted octanol–water partition coefficient (Wildman–Crippen LogP) is 4.58. The minimum atomic E-state index is -0.678. The van der Waals surface area contributed by atoms with Gasteiger partial charge in [0.05, 0.1) is 18.5 Å². The number of benzene rings is 3. The van der Waals surface area contributed by atoms with Gasteiger partial charge in [-0.25, -0.2) is 4.79 Å². The van der Waals surface area contributed by atoms with Gasteiger partial charge in [0.25, 0.3) is 0 Å². The molecule has 0 fully saturated rings. The third-order valence-corrected chi connectivity index (χ3v) is 4.50. The van der Waals surface area contributed by atoms with E-state index in [-0.39, 0.29) is 10.9 Å². The summed E-state index contributed by atoms with van der Waals surface area (Å²) in [5, 5.41) is 8.76. The second-order valence-electron chi connectivity index (χ2n) is 6.37. The molecule has 152 valence electrons. The fraction of sp³-hybridized carbons (Fsp3) is 0.0870. The van der Waals surface area contributed by atoms with E-state index < -0.39 is 6.09 Å². The number of ether oxygens (including phenoxy) is 1. The number of alkyl carbamates (subject to hydrolysis) is 1. The highest BCUT2D eigenvalue weighted by molar-refractivity contribution is 7.80. The van der Waals surface area contributed by atoms with Gasteiger partial charge in [-0.1, -0.05) is 60.7 Å². The van der Waals surface area contributed by atoms with Gasteiger partial charge in [-0.15, -0.1) is 0 Å². The summed E-state index contributed by atoms with van der Waals surface area (Å²) in [5.74, 6) is -0.111. The van der Waals surface area contributed by atoms with Crippen LogP contribution in [0.15, 0.2) is 78.9 Å². The van der Waals surface area contributed by atoms with E-state index in [0.717, 1.165) is 11.3 Å². The minimum absolute atomic E-state index is 0.0638. The SMILES string of the molecule is COC(=O)NC(=S)Nc1cc(C(=O)c2ccccc2)ccc1NCc1ccccc1. The van der Waals surface area contributed by atoms with Crippen molar-refractivity contribution < 1.29 is 14.3 Å². The van der Waals surface area contributed by atoms with E-state index in [1.165, 1.54) is 7.11 Å². The molecule has 3 rings (SSSR count). The summed E-state index contributed by atoms with van der Waals surface area (Å²) in [6, 6.07) is 24.2. The molecule has 0 atom stereocenters. The van der Waals surface area contributed by atoms with Gasteiger partial charge in [0.15, 0.2) is 10.9 Å². The molecule has 3 N–H and O–H groups in total. The van der Waals surface area contributed by atoms with Crippen molar-refractivity contribution in [2.75, 3.05) is 17.7 Å². The number of rotatable bonds is 6. The lowest BCUT2D eigenvalue weighted by Crippen LogP contribution is -2.34. The van der Waals surface area contributed by atoms with E-state index in [1.807, 2.05) is 54.6 Å². The van der Waals surface area contributed by atoms with Crippen molar-refractivity contribution in [3.63, 3.8) is 0 Å². The molecular formula is C23H21N3O3S. The number of amides is 1. The number of hydrogen-bond acceptors (Lipinski definition) is 5. The number of hydrogen-bond donors (Lipinski definition) is 3. The van der Waals surface area contributed by atoms with Crippen LogP contribution >= 0.6 is 12.2 Å². The quantitative estimate of drug-likeness (QED) is 0.401. The number of carbonyl (C=O) groups is 2. The first-order valence-corrected chi connectivity index (χ1v) is 9.65. The Morgan fingerprint density at radius 1 is 0.867 bits per heavy atom. The maximum Gasteiger partial charge on any atom is 0.413 e. The van der Waals surface area contributed by atoms with Crippen molar-refractivity contribution in [1.29, 1.82) is 0 Å². The molecule has 0 saturated heterocycles. The lowest BCUT2D eigenvalue weighted by molar-refractivity contribution is 0.103. The third kappa shape index (κ3) is 5.65. The van der Waals surface area contributed by atoms with Gasteiger partial charge in [-0.3, -0.25) is 10.1 Å². The largest absolute Gasteiger partial charge is 0.453 e. The van der Waals surface area contributed by atoms with Crippen molar-refractivity contribution in [3.8, 4) is 0 Å². The highest BCUT2D eigenvalue weighted by Gasteiger charge is 2.13. The topological polar surface area (TPSA) is 79.5 Å². The Labute approximate surface area is 180 Å². The summed E-state index contributed by atoms with van der Waals surface area (Å²) in [7, 11) is 1.25. The Morgan fingerprint density at radius 3 is 2.20 bits per heavy atom. The van der Waals surface area contributed by atoms with Gasteiger partial charge in [0, 0.05) is 17.7 Å². The van der Waals surface area contributed by atoms with Crippen LogP contribution in [0.3, 0.4) is 0 Å².